The van der Waals surface area contributed by atoms with Gasteiger partial charge in [-0.1, -0.05) is 0 Å². The van der Waals surface area contributed by atoms with Gasteiger partial charge in [0.1, 0.15) is 19.1 Å². The Hall–Kier alpha value is -0.710. The molecule has 2 aliphatic rings. The van der Waals surface area contributed by atoms with Crippen molar-refractivity contribution < 1.29 is 41.0 Å². The minimum atomic E-state index is -4.62. The van der Waals surface area contributed by atoms with E-state index < -0.39 is 40.6 Å². The number of carbonyl (C=O) groups is 2. The van der Waals surface area contributed by atoms with Crippen LogP contribution in [0, 0.1) is 0 Å². The Morgan fingerprint density at radius 2 is 1.92 bits per heavy atom. The minimum Gasteiger partial charge on any atom is -0.464 e. The van der Waals surface area contributed by atoms with Crippen LogP contribution in [0.1, 0.15) is 32.6 Å². The van der Waals surface area contributed by atoms with E-state index in [0.717, 1.165) is 0 Å². The highest BCUT2D eigenvalue weighted by Crippen LogP contribution is 2.58. The van der Waals surface area contributed by atoms with Crippen molar-refractivity contribution in [1.29, 1.82) is 0 Å². The van der Waals surface area contributed by atoms with Gasteiger partial charge in [-0.25, -0.2) is 4.79 Å². The van der Waals surface area contributed by atoms with Gasteiger partial charge in [-0.05, 0) is 19.3 Å². The number of rotatable bonds is 5. The van der Waals surface area contributed by atoms with Crippen LogP contribution in [0.3, 0.4) is 0 Å². The molecule has 3 unspecified atom stereocenters. The highest BCUT2D eigenvalue weighted by atomic mass is 32.2. The number of thioether (sulfide) groups is 2. The summed E-state index contributed by atoms with van der Waals surface area (Å²) in [6.07, 6.45) is -5.20. The highest BCUT2D eigenvalue weighted by molar-refractivity contribution is 8.21. The van der Waals surface area contributed by atoms with E-state index in [0.29, 0.717) is 31.9 Å². The second kappa shape index (κ2) is 7.50. The van der Waals surface area contributed by atoms with Crippen LogP contribution in [0.25, 0.3) is 0 Å². The Morgan fingerprint density at radius 3 is 2.52 bits per heavy atom. The average molecular weight is 408 g/mol. The zero-order valence-electron chi connectivity index (χ0n) is 13.2. The summed E-state index contributed by atoms with van der Waals surface area (Å²) in [7, 11) is 0. The summed E-state index contributed by atoms with van der Waals surface area (Å²) in [5, 5.41) is -0.274. The molecule has 4 nitrogen and oxygen atoms in total. The number of hydrogen-bond donors (Lipinski definition) is 0. The third-order valence-corrected chi connectivity index (χ3v) is 7.62. The summed E-state index contributed by atoms with van der Waals surface area (Å²) in [5.41, 5.74) is 0. The third kappa shape index (κ3) is 5.63. The van der Waals surface area contributed by atoms with Crippen LogP contribution in [0.4, 0.5) is 22.0 Å². The van der Waals surface area contributed by atoms with E-state index in [1.54, 1.807) is 0 Å². The molecule has 2 fully saturated rings. The Bertz CT molecular complexity index is 522. The lowest BCUT2D eigenvalue weighted by Crippen LogP contribution is -2.38. The molecule has 11 heteroatoms. The van der Waals surface area contributed by atoms with E-state index in [9.17, 15) is 31.5 Å². The SMILES string of the molecule is CC(F)(F)C(=O)OC1CCCC12SCC(COC(=O)CC(F)(F)F)S2. The van der Waals surface area contributed by atoms with Gasteiger partial charge in [0.2, 0.25) is 0 Å². The molecular weight excluding hydrogens is 391 g/mol. The molecule has 2 rings (SSSR count). The summed E-state index contributed by atoms with van der Waals surface area (Å²) in [6.45, 7) is 0.272. The first-order chi connectivity index (χ1) is 11.4. The number of alkyl halides is 5. The molecule has 1 spiro atoms. The van der Waals surface area contributed by atoms with Crippen molar-refractivity contribution in [2.45, 2.75) is 60.1 Å². The number of carbonyl (C=O) groups excluding carboxylic acids is 2. The predicted octanol–water partition coefficient (Wildman–Crippen LogP) is 3.78. The van der Waals surface area contributed by atoms with Crippen molar-refractivity contribution in [2.75, 3.05) is 12.4 Å². The first kappa shape index (κ1) is 20.6. The zero-order valence-corrected chi connectivity index (χ0v) is 14.9. The van der Waals surface area contributed by atoms with Gasteiger partial charge in [0, 0.05) is 17.9 Å². The number of ether oxygens (including phenoxy) is 2. The van der Waals surface area contributed by atoms with Crippen molar-refractivity contribution in [2.24, 2.45) is 0 Å². The number of hydrogen-bond acceptors (Lipinski definition) is 6. The fourth-order valence-electron chi connectivity index (χ4n) is 2.66. The monoisotopic (exact) mass is 408 g/mol. The molecule has 0 amide bonds. The van der Waals surface area contributed by atoms with Gasteiger partial charge in [-0.15, -0.1) is 23.5 Å². The van der Waals surface area contributed by atoms with Gasteiger partial charge in [0.15, 0.2) is 0 Å². The summed E-state index contributed by atoms with van der Waals surface area (Å²) < 4.78 is 71.4. The lowest BCUT2D eigenvalue weighted by atomic mass is 10.3. The molecule has 0 aromatic rings. The standard InChI is InChI=1S/C14H17F5O4S2/c1-12(15,16)11(21)23-9-3-2-4-13(9)24-7-8(25-13)6-22-10(20)5-14(17,18)19/h8-9H,2-7H2,1H3. The quantitative estimate of drug-likeness (QED) is 0.510. The average Bonchev–Trinajstić information content (AvgIpc) is 3.02. The Morgan fingerprint density at radius 1 is 1.24 bits per heavy atom. The maximum atomic E-state index is 13.0. The fraction of sp³-hybridized carbons (Fsp3) is 0.857. The van der Waals surface area contributed by atoms with E-state index in [1.807, 2.05) is 0 Å². The lowest BCUT2D eigenvalue weighted by molar-refractivity contribution is -0.174. The molecular formula is C14H17F5O4S2. The second-order valence-corrected chi connectivity index (χ2v) is 9.25. The smallest absolute Gasteiger partial charge is 0.399 e. The van der Waals surface area contributed by atoms with Gasteiger partial charge in [0.05, 0.1) is 4.08 Å². The van der Waals surface area contributed by atoms with Gasteiger partial charge in [0.25, 0.3) is 0 Å². The molecule has 1 aliphatic heterocycles. The first-order valence-electron chi connectivity index (χ1n) is 7.54. The predicted molar refractivity (Wildman–Crippen MR) is 82.6 cm³/mol. The Balaban J connectivity index is 1.87. The highest BCUT2D eigenvalue weighted by Gasteiger charge is 2.53. The molecule has 0 radical (unpaired) electrons. The normalized spacial score (nSPS) is 29.8. The van der Waals surface area contributed by atoms with E-state index in [2.05, 4.69) is 4.74 Å². The maximum Gasteiger partial charge on any atom is 0.399 e. The molecule has 144 valence electrons. The van der Waals surface area contributed by atoms with Crippen LogP contribution < -0.4 is 0 Å². The van der Waals surface area contributed by atoms with Crippen LogP contribution >= 0.6 is 23.5 Å². The van der Waals surface area contributed by atoms with Crippen LogP contribution in [0.2, 0.25) is 0 Å². The summed E-state index contributed by atoms with van der Waals surface area (Å²) >= 11 is 2.74. The van der Waals surface area contributed by atoms with E-state index >= 15 is 0 Å². The van der Waals surface area contributed by atoms with Crippen LogP contribution in [0.5, 0.6) is 0 Å². The van der Waals surface area contributed by atoms with Gasteiger partial charge < -0.3 is 9.47 Å². The van der Waals surface area contributed by atoms with Crippen LogP contribution in [-0.4, -0.2) is 51.8 Å². The van der Waals surface area contributed by atoms with E-state index in [1.165, 1.54) is 23.5 Å². The Labute approximate surface area is 149 Å². The summed E-state index contributed by atoms with van der Waals surface area (Å²) in [6, 6.07) is 0. The van der Waals surface area contributed by atoms with Gasteiger partial charge in [-0.2, -0.15) is 22.0 Å². The minimum absolute atomic E-state index is 0.196. The molecule has 0 N–H and O–H groups in total. The molecule has 1 heterocycles. The van der Waals surface area contributed by atoms with E-state index in [-0.39, 0.29) is 11.9 Å². The van der Waals surface area contributed by atoms with Crippen molar-refractivity contribution in [1.82, 2.24) is 0 Å². The molecule has 1 saturated heterocycles. The summed E-state index contributed by atoms with van der Waals surface area (Å²) in [5.74, 6) is -6.04. The van der Waals surface area contributed by atoms with Gasteiger partial charge in [-0.3, -0.25) is 4.79 Å². The lowest BCUT2D eigenvalue weighted by Gasteiger charge is -2.30. The first-order valence-corrected chi connectivity index (χ1v) is 9.41. The molecule has 25 heavy (non-hydrogen) atoms. The molecule has 3 atom stereocenters. The van der Waals surface area contributed by atoms with Crippen molar-refractivity contribution in [3.63, 3.8) is 0 Å². The fourth-order valence-corrected chi connectivity index (χ4v) is 6.51. The van der Waals surface area contributed by atoms with Crippen molar-refractivity contribution >= 4 is 35.5 Å². The summed E-state index contributed by atoms with van der Waals surface area (Å²) in [4.78, 5) is 22.6. The largest absolute Gasteiger partial charge is 0.464 e. The topological polar surface area (TPSA) is 52.6 Å². The maximum absolute atomic E-state index is 13.0. The molecule has 0 aromatic carbocycles. The Kier molecular flexibility index (Phi) is 6.18. The number of halogens is 5. The molecule has 1 saturated carbocycles. The van der Waals surface area contributed by atoms with Crippen molar-refractivity contribution in [3.05, 3.63) is 0 Å². The third-order valence-electron chi connectivity index (χ3n) is 3.74. The number of esters is 2. The molecule has 1 aliphatic carbocycles. The molecule has 0 aromatic heterocycles. The van der Waals surface area contributed by atoms with Crippen LogP contribution in [0.15, 0.2) is 0 Å². The van der Waals surface area contributed by atoms with Crippen molar-refractivity contribution in [3.8, 4) is 0 Å². The van der Waals surface area contributed by atoms with E-state index in [4.69, 9.17) is 4.74 Å². The molecule has 0 bridgehead atoms. The zero-order chi connectivity index (χ0) is 18.9. The second-order valence-electron chi connectivity index (χ2n) is 6.01. The van der Waals surface area contributed by atoms with Crippen LogP contribution in [-0.2, 0) is 19.1 Å². The van der Waals surface area contributed by atoms with Gasteiger partial charge >= 0.3 is 24.0 Å².